The molecule has 0 aliphatic carbocycles. The number of likely N-dealkylation sites (tertiary alicyclic amines) is 1. The monoisotopic (exact) mass is 248 g/mol. The molecule has 4 nitrogen and oxygen atoms in total. The highest BCUT2D eigenvalue weighted by molar-refractivity contribution is 5.85. The second kappa shape index (κ2) is 8.53. The van der Waals surface area contributed by atoms with Gasteiger partial charge in [0, 0.05) is 12.3 Å². The molecule has 16 heavy (non-hydrogen) atoms. The summed E-state index contributed by atoms with van der Waals surface area (Å²) in [6, 6.07) is 0. The number of amides is 1. The molecule has 5 heteroatoms. The number of nitrogens with zero attached hydrogens (tertiary/aromatic N) is 1. The maximum atomic E-state index is 10.9. The third-order valence-electron chi connectivity index (χ3n) is 3.04. The van der Waals surface area contributed by atoms with Crippen molar-refractivity contribution in [1.29, 1.82) is 0 Å². The summed E-state index contributed by atoms with van der Waals surface area (Å²) >= 11 is 0. The number of nitrogens with two attached hydrogens (primary N) is 1. The molecule has 1 fully saturated rings. The van der Waals surface area contributed by atoms with Crippen molar-refractivity contribution in [3.8, 4) is 0 Å². The summed E-state index contributed by atoms with van der Waals surface area (Å²) in [7, 11) is 0. The number of unbranched alkanes of at least 4 members (excludes halogenated alkanes) is 2. The molecule has 0 radical (unpaired) electrons. The van der Waals surface area contributed by atoms with Crippen molar-refractivity contribution in [3.05, 3.63) is 0 Å². The SMILES string of the molecule is Cl.NC(=O)C1CCN(CCCCC=O)CC1. The second-order valence-corrected chi connectivity index (χ2v) is 4.18. The van der Waals surface area contributed by atoms with Crippen molar-refractivity contribution in [2.45, 2.75) is 32.1 Å². The molecule has 1 aliphatic rings. The van der Waals surface area contributed by atoms with Crippen LogP contribution in [0.1, 0.15) is 32.1 Å². The van der Waals surface area contributed by atoms with E-state index in [0.717, 1.165) is 51.6 Å². The molecule has 0 aromatic heterocycles. The van der Waals surface area contributed by atoms with Gasteiger partial charge in [-0.15, -0.1) is 12.4 Å². The molecule has 94 valence electrons. The molecule has 0 bridgehead atoms. The lowest BCUT2D eigenvalue weighted by Gasteiger charge is -2.30. The minimum absolute atomic E-state index is 0. The smallest absolute Gasteiger partial charge is 0.220 e. The fraction of sp³-hybridized carbons (Fsp3) is 0.818. The third kappa shape index (κ3) is 5.47. The highest BCUT2D eigenvalue weighted by atomic mass is 35.5. The van der Waals surface area contributed by atoms with Crippen LogP contribution < -0.4 is 5.73 Å². The van der Waals surface area contributed by atoms with E-state index in [-0.39, 0.29) is 24.2 Å². The molecule has 0 atom stereocenters. The topological polar surface area (TPSA) is 63.4 Å². The maximum absolute atomic E-state index is 10.9. The van der Waals surface area contributed by atoms with Crippen LogP contribution in [0.5, 0.6) is 0 Å². The summed E-state index contributed by atoms with van der Waals surface area (Å²) < 4.78 is 0. The van der Waals surface area contributed by atoms with E-state index in [9.17, 15) is 9.59 Å². The van der Waals surface area contributed by atoms with Gasteiger partial charge < -0.3 is 15.4 Å². The van der Waals surface area contributed by atoms with Crippen LogP contribution in [0.25, 0.3) is 0 Å². The Morgan fingerprint density at radius 3 is 2.44 bits per heavy atom. The van der Waals surface area contributed by atoms with Crippen molar-refractivity contribution in [2.24, 2.45) is 11.7 Å². The van der Waals surface area contributed by atoms with E-state index >= 15 is 0 Å². The van der Waals surface area contributed by atoms with Crippen LogP contribution in [0.2, 0.25) is 0 Å². The summed E-state index contributed by atoms with van der Waals surface area (Å²) in [5.41, 5.74) is 5.26. The number of primary amides is 1. The van der Waals surface area contributed by atoms with E-state index < -0.39 is 0 Å². The van der Waals surface area contributed by atoms with Crippen molar-refractivity contribution >= 4 is 24.6 Å². The number of hydrogen-bond acceptors (Lipinski definition) is 3. The molecule has 1 heterocycles. The predicted octanol–water partition coefficient (Wildman–Crippen LogP) is 0.975. The van der Waals surface area contributed by atoms with Gasteiger partial charge in [-0.05, 0) is 45.3 Å². The van der Waals surface area contributed by atoms with Crippen molar-refractivity contribution in [2.75, 3.05) is 19.6 Å². The normalized spacial score (nSPS) is 17.8. The average molecular weight is 249 g/mol. The van der Waals surface area contributed by atoms with Gasteiger partial charge in [0.1, 0.15) is 6.29 Å². The molecule has 1 saturated heterocycles. The zero-order valence-electron chi connectivity index (χ0n) is 9.56. The van der Waals surface area contributed by atoms with Gasteiger partial charge in [-0.25, -0.2) is 0 Å². The van der Waals surface area contributed by atoms with Gasteiger partial charge in [0.2, 0.25) is 5.91 Å². The van der Waals surface area contributed by atoms with Crippen molar-refractivity contribution < 1.29 is 9.59 Å². The Labute approximate surface area is 103 Å². The van der Waals surface area contributed by atoms with Crippen molar-refractivity contribution in [1.82, 2.24) is 4.90 Å². The summed E-state index contributed by atoms with van der Waals surface area (Å²) in [4.78, 5) is 23.4. The van der Waals surface area contributed by atoms with Crippen LogP contribution in [-0.4, -0.2) is 36.7 Å². The first kappa shape index (κ1) is 15.4. The Kier molecular flexibility index (Phi) is 8.21. The van der Waals surface area contributed by atoms with E-state index in [1.807, 2.05) is 0 Å². The number of halogens is 1. The molecule has 0 aromatic rings. The average Bonchev–Trinajstić information content (AvgIpc) is 2.25. The molecule has 1 rings (SSSR count). The first-order valence-electron chi connectivity index (χ1n) is 5.69. The number of piperidine rings is 1. The number of rotatable bonds is 6. The molecule has 2 N–H and O–H groups in total. The maximum Gasteiger partial charge on any atom is 0.220 e. The Balaban J connectivity index is 0.00000225. The van der Waals surface area contributed by atoms with E-state index in [4.69, 9.17) is 5.73 Å². The highest BCUT2D eigenvalue weighted by Crippen LogP contribution is 2.16. The van der Waals surface area contributed by atoms with E-state index in [0.29, 0.717) is 6.42 Å². The molecule has 1 amide bonds. The lowest BCUT2D eigenvalue weighted by Crippen LogP contribution is -2.38. The van der Waals surface area contributed by atoms with E-state index in [1.165, 1.54) is 0 Å². The molecule has 0 aromatic carbocycles. The van der Waals surface area contributed by atoms with Crippen LogP contribution >= 0.6 is 12.4 Å². The van der Waals surface area contributed by atoms with Crippen LogP contribution in [0, 0.1) is 5.92 Å². The molecular formula is C11H21ClN2O2. The largest absolute Gasteiger partial charge is 0.369 e. The zero-order chi connectivity index (χ0) is 11.1. The van der Waals surface area contributed by atoms with Crippen LogP contribution in [0.4, 0.5) is 0 Å². The second-order valence-electron chi connectivity index (χ2n) is 4.18. The Bertz CT molecular complexity index is 216. The quantitative estimate of drug-likeness (QED) is 0.563. The Hall–Kier alpha value is -0.610. The standard InChI is InChI=1S/C11H20N2O2.ClH/c12-11(15)10-4-7-13(8-5-10)6-2-1-3-9-14;/h9-10H,1-8H2,(H2,12,15);1H. The van der Waals surface area contributed by atoms with Crippen LogP contribution in [0.15, 0.2) is 0 Å². The lowest BCUT2D eigenvalue weighted by atomic mass is 9.96. The fourth-order valence-corrected chi connectivity index (χ4v) is 2.00. The van der Waals surface area contributed by atoms with Crippen molar-refractivity contribution in [3.63, 3.8) is 0 Å². The van der Waals surface area contributed by atoms with Gasteiger partial charge in [-0.3, -0.25) is 4.79 Å². The Morgan fingerprint density at radius 2 is 1.94 bits per heavy atom. The van der Waals surface area contributed by atoms with Gasteiger partial charge in [0.05, 0.1) is 0 Å². The van der Waals surface area contributed by atoms with Gasteiger partial charge in [-0.1, -0.05) is 0 Å². The van der Waals surface area contributed by atoms with Gasteiger partial charge >= 0.3 is 0 Å². The summed E-state index contributed by atoms with van der Waals surface area (Å²) in [6.07, 6.45) is 5.46. The minimum atomic E-state index is -0.157. The molecule has 0 saturated carbocycles. The number of hydrogen-bond donors (Lipinski definition) is 1. The van der Waals surface area contributed by atoms with Gasteiger partial charge in [0.25, 0.3) is 0 Å². The number of carbonyl (C=O) groups is 2. The van der Waals surface area contributed by atoms with E-state index in [1.54, 1.807) is 0 Å². The zero-order valence-corrected chi connectivity index (χ0v) is 10.4. The van der Waals surface area contributed by atoms with Gasteiger partial charge in [-0.2, -0.15) is 0 Å². The van der Waals surface area contributed by atoms with Crippen LogP contribution in [-0.2, 0) is 9.59 Å². The number of aldehydes is 1. The minimum Gasteiger partial charge on any atom is -0.369 e. The van der Waals surface area contributed by atoms with E-state index in [2.05, 4.69) is 4.90 Å². The fourth-order valence-electron chi connectivity index (χ4n) is 2.00. The molecule has 1 aliphatic heterocycles. The first-order chi connectivity index (χ1) is 7.24. The first-order valence-corrected chi connectivity index (χ1v) is 5.69. The van der Waals surface area contributed by atoms with Crippen LogP contribution in [0.3, 0.4) is 0 Å². The third-order valence-corrected chi connectivity index (χ3v) is 3.04. The molecular weight excluding hydrogens is 228 g/mol. The lowest BCUT2D eigenvalue weighted by molar-refractivity contribution is -0.123. The summed E-state index contributed by atoms with van der Waals surface area (Å²) in [5.74, 6) is -0.0770. The predicted molar refractivity (Wildman–Crippen MR) is 65.5 cm³/mol. The summed E-state index contributed by atoms with van der Waals surface area (Å²) in [6.45, 7) is 2.97. The van der Waals surface area contributed by atoms with Gasteiger partial charge in [0.15, 0.2) is 0 Å². The number of carbonyl (C=O) groups excluding carboxylic acids is 2. The Morgan fingerprint density at radius 1 is 1.31 bits per heavy atom. The molecule has 0 spiro atoms. The molecule has 0 unspecified atom stereocenters. The summed E-state index contributed by atoms with van der Waals surface area (Å²) in [5, 5.41) is 0. The highest BCUT2D eigenvalue weighted by Gasteiger charge is 2.22.